The third kappa shape index (κ3) is 3.87. The highest BCUT2D eigenvalue weighted by atomic mass is 35.5. The highest BCUT2D eigenvalue weighted by molar-refractivity contribution is 5.85. The summed E-state index contributed by atoms with van der Waals surface area (Å²) in [5.41, 5.74) is 6.07. The molecule has 116 valence electrons. The summed E-state index contributed by atoms with van der Waals surface area (Å²) in [6.07, 6.45) is 4.38. The van der Waals surface area contributed by atoms with Crippen molar-refractivity contribution in [3.8, 4) is 0 Å². The van der Waals surface area contributed by atoms with Gasteiger partial charge in [-0.15, -0.1) is 24.8 Å². The molecule has 2 unspecified atom stereocenters. The lowest BCUT2D eigenvalue weighted by Gasteiger charge is -2.43. The molecule has 0 saturated carbocycles. The highest BCUT2D eigenvalue weighted by Crippen LogP contribution is 2.28. The second-order valence-electron chi connectivity index (χ2n) is 5.81. The number of hydrogen-bond acceptors (Lipinski definition) is 3. The number of aromatic nitrogens is 2. The molecule has 20 heavy (non-hydrogen) atoms. The van der Waals surface area contributed by atoms with Gasteiger partial charge in [0.2, 0.25) is 5.91 Å². The SMILES string of the molecule is CC(C(=O)N1CCC(N)C(C)(C)C1)n1cccn1.Cl.Cl. The van der Waals surface area contributed by atoms with Gasteiger partial charge in [0.15, 0.2) is 0 Å². The minimum atomic E-state index is -0.245. The first kappa shape index (κ1) is 19.2. The van der Waals surface area contributed by atoms with Crippen LogP contribution in [0, 0.1) is 5.41 Å². The van der Waals surface area contributed by atoms with Crippen molar-refractivity contribution in [3.05, 3.63) is 18.5 Å². The second-order valence-corrected chi connectivity index (χ2v) is 5.81. The molecule has 1 aliphatic heterocycles. The van der Waals surface area contributed by atoms with Gasteiger partial charge in [0, 0.05) is 31.5 Å². The number of halogens is 2. The third-order valence-corrected chi connectivity index (χ3v) is 3.90. The van der Waals surface area contributed by atoms with Gasteiger partial charge in [0.25, 0.3) is 0 Å². The van der Waals surface area contributed by atoms with E-state index in [-0.39, 0.29) is 48.2 Å². The maximum atomic E-state index is 12.4. The Hall–Kier alpha value is -0.780. The highest BCUT2D eigenvalue weighted by Gasteiger charge is 2.36. The van der Waals surface area contributed by atoms with E-state index in [1.165, 1.54) is 0 Å². The van der Waals surface area contributed by atoms with Crippen LogP contribution in [0.25, 0.3) is 0 Å². The fraction of sp³-hybridized carbons (Fsp3) is 0.692. The Bertz CT molecular complexity index is 422. The molecule has 1 aromatic heterocycles. The van der Waals surface area contributed by atoms with Crippen LogP contribution in [0.5, 0.6) is 0 Å². The maximum Gasteiger partial charge on any atom is 0.247 e. The molecular formula is C13H24Cl2N4O. The normalized spacial score (nSPS) is 22.4. The number of rotatable bonds is 2. The standard InChI is InChI=1S/C13H22N4O.2ClH/c1-10(17-7-4-6-15-17)12(18)16-8-5-11(14)13(2,3)9-16;;/h4,6-7,10-11H,5,8-9,14H2,1-3H3;2*1H. The molecule has 0 aliphatic carbocycles. The summed E-state index contributed by atoms with van der Waals surface area (Å²) < 4.78 is 1.70. The topological polar surface area (TPSA) is 64.2 Å². The first-order chi connectivity index (χ1) is 8.42. The molecule has 0 radical (unpaired) electrons. The second kappa shape index (κ2) is 7.29. The Kier molecular flexibility index (Phi) is 7.01. The molecule has 1 aliphatic rings. The molecule has 0 spiro atoms. The van der Waals surface area contributed by atoms with Gasteiger partial charge < -0.3 is 10.6 Å². The Morgan fingerprint density at radius 2 is 2.10 bits per heavy atom. The summed E-state index contributed by atoms with van der Waals surface area (Å²) in [6.45, 7) is 7.59. The van der Waals surface area contributed by atoms with Crippen molar-refractivity contribution in [2.24, 2.45) is 11.1 Å². The molecule has 1 saturated heterocycles. The minimum absolute atomic E-state index is 0. The van der Waals surface area contributed by atoms with E-state index >= 15 is 0 Å². The summed E-state index contributed by atoms with van der Waals surface area (Å²) in [6, 6.07) is 1.76. The predicted octanol–water partition coefficient (Wildman–Crippen LogP) is 1.87. The Morgan fingerprint density at radius 3 is 2.60 bits per heavy atom. The lowest BCUT2D eigenvalue weighted by molar-refractivity contribution is -0.138. The molecular weight excluding hydrogens is 299 g/mol. The summed E-state index contributed by atoms with van der Waals surface area (Å²) in [5.74, 6) is 0.124. The van der Waals surface area contributed by atoms with E-state index in [1.807, 2.05) is 24.1 Å². The number of carbonyl (C=O) groups excluding carboxylic acids is 1. The quantitative estimate of drug-likeness (QED) is 0.904. The van der Waals surface area contributed by atoms with Gasteiger partial charge in [-0.3, -0.25) is 9.48 Å². The Morgan fingerprint density at radius 1 is 1.45 bits per heavy atom. The molecule has 0 aromatic carbocycles. The summed E-state index contributed by atoms with van der Waals surface area (Å²) in [4.78, 5) is 14.3. The Balaban J connectivity index is 0.00000180. The fourth-order valence-electron chi connectivity index (χ4n) is 2.45. The molecule has 2 atom stereocenters. The van der Waals surface area contributed by atoms with E-state index in [0.717, 1.165) is 19.5 Å². The first-order valence-electron chi connectivity index (χ1n) is 6.45. The molecule has 5 nitrogen and oxygen atoms in total. The van der Waals surface area contributed by atoms with E-state index in [2.05, 4.69) is 18.9 Å². The maximum absolute atomic E-state index is 12.4. The lowest BCUT2D eigenvalue weighted by atomic mass is 9.79. The average molecular weight is 323 g/mol. The summed E-state index contributed by atoms with van der Waals surface area (Å²) in [7, 11) is 0. The lowest BCUT2D eigenvalue weighted by Crippen LogP contribution is -2.55. The summed E-state index contributed by atoms with van der Waals surface area (Å²) in [5, 5.41) is 4.13. The van der Waals surface area contributed by atoms with Crippen LogP contribution in [0.2, 0.25) is 0 Å². The van der Waals surface area contributed by atoms with Crippen molar-refractivity contribution >= 4 is 30.7 Å². The third-order valence-electron chi connectivity index (χ3n) is 3.90. The van der Waals surface area contributed by atoms with Crippen LogP contribution < -0.4 is 5.73 Å². The molecule has 1 amide bonds. The van der Waals surface area contributed by atoms with Gasteiger partial charge in [0.1, 0.15) is 6.04 Å². The van der Waals surface area contributed by atoms with Crippen LogP contribution in [0.15, 0.2) is 18.5 Å². The van der Waals surface area contributed by atoms with Crippen LogP contribution in [0.1, 0.15) is 33.2 Å². The van der Waals surface area contributed by atoms with Crippen molar-refractivity contribution in [1.82, 2.24) is 14.7 Å². The fourth-order valence-corrected chi connectivity index (χ4v) is 2.45. The molecule has 2 heterocycles. The molecule has 2 rings (SSSR count). The molecule has 2 N–H and O–H groups in total. The number of likely N-dealkylation sites (tertiary alicyclic amines) is 1. The number of hydrogen-bond donors (Lipinski definition) is 1. The first-order valence-corrected chi connectivity index (χ1v) is 6.45. The molecule has 7 heteroatoms. The number of nitrogens with two attached hydrogens (primary N) is 1. The average Bonchev–Trinajstić information content (AvgIpc) is 2.84. The summed E-state index contributed by atoms with van der Waals surface area (Å²) >= 11 is 0. The van der Waals surface area contributed by atoms with Crippen LogP contribution >= 0.6 is 24.8 Å². The monoisotopic (exact) mass is 322 g/mol. The van der Waals surface area contributed by atoms with Crippen molar-refractivity contribution in [1.29, 1.82) is 0 Å². The number of nitrogens with zero attached hydrogens (tertiary/aromatic N) is 3. The van der Waals surface area contributed by atoms with Crippen molar-refractivity contribution in [2.45, 2.75) is 39.3 Å². The zero-order valence-electron chi connectivity index (χ0n) is 12.2. The minimum Gasteiger partial charge on any atom is -0.340 e. The number of amides is 1. The van der Waals surface area contributed by atoms with E-state index in [9.17, 15) is 4.79 Å². The predicted molar refractivity (Wildman–Crippen MR) is 84.4 cm³/mol. The van der Waals surface area contributed by atoms with Crippen LogP contribution in [0.3, 0.4) is 0 Å². The van der Waals surface area contributed by atoms with Crippen LogP contribution in [-0.4, -0.2) is 39.7 Å². The van der Waals surface area contributed by atoms with Crippen LogP contribution in [-0.2, 0) is 4.79 Å². The smallest absolute Gasteiger partial charge is 0.247 e. The van der Waals surface area contributed by atoms with Gasteiger partial charge >= 0.3 is 0 Å². The van der Waals surface area contributed by atoms with Crippen LogP contribution in [0.4, 0.5) is 0 Å². The van der Waals surface area contributed by atoms with E-state index in [0.29, 0.717) is 0 Å². The molecule has 1 aromatic rings. The van der Waals surface area contributed by atoms with Crippen molar-refractivity contribution in [3.63, 3.8) is 0 Å². The van der Waals surface area contributed by atoms with Crippen molar-refractivity contribution in [2.75, 3.05) is 13.1 Å². The largest absolute Gasteiger partial charge is 0.340 e. The van der Waals surface area contributed by atoms with Gasteiger partial charge in [0.05, 0.1) is 0 Å². The van der Waals surface area contributed by atoms with Gasteiger partial charge in [-0.2, -0.15) is 5.10 Å². The number of piperidine rings is 1. The Labute approximate surface area is 132 Å². The van der Waals surface area contributed by atoms with Gasteiger partial charge in [-0.1, -0.05) is 13.8 Å². The van der Waals surface area contributed by atoms with Gasteiger partial charge in [-0.05, 0) is 24.8 Å². The number of carbonyl (C=O) groups is 1. The zero-order valence-corrected chi connectivity index (χ0v) is 13.8. The zero-order chi connectivity index (χ0) is 13.3. The van der Waals surface area contributed by atoms with E-state index < -0.39 is 0 Å². The molecule has 0 bridgehead atoms. The van der Waals surface area contributed by atoms with Gasteiger partial charge in [-0.25, -0.2) is 0 Å². The molecule has 1 fully saturated rings. The van der Waals surface area contributed by atoms with E-state index in [1.54, 1.807) is 10.9 Å². The van der Waals surface area contributed by atoms with Crippen molar-refractivity contribution < 1.29 is 4.79 Å². The van der Waals surface area contributed by atoms with E-state index in [4.69, 9.17) is 5.73 Å².